The van der Waals surface area contributed by atoms with E-state index >= 15 is 0 Å². The molecule has 7 heteroatoms. The first-order chi connectivity index (χ1) is 15.2. The van der Waals surface area contributed by atoms with Crippen LogP contribution in [-0.2, 0) is 0 Å². The number of nitrogens with zero attached hydrogens (tertiary/aromatic N) is 4. The van der Waals surface area contributed by atoms with Gasteiger partial charge in [0.05, 0.1) is 0 Å². The summed E-state index contributed by atoms with van der Waals surface area (Å²) in [5.74, 6) is 0.937. The van der Waals surface area contributed by atoms with Gasteiger partial charge in [-0.15, -0.1) is 24.0 Å². The minimum absolute atomic E-state index is 0. The van der Waals surface area contributed by atoms with E-state index in [-0.39, 0.29) is 24.0 Å². The van der Waals surface area contributed by atoms with E-state index in [2.05, 4.69) is 81.4 Å². The first-order valence-corrected chi connectivity index (χ1v) is 12.4. The number of benzene rings is 1. The number of nitrogens with one attached hydrogen (secondary N) is 2. The third-order valence-corrected chi connectivity index (χ3v) is 6.30. The van der Waals surface area contributed by atoms with E-state index in [0.29, 0.717) is 6.04 Å². The summed E-state index contributed by atoms with van der Waals surface area (Å²) in [5, 5.41) is 7.03. The number of piperazine rings is 1. The van der Waals surface area contributed by atoms with Gasteiger partial charge in [-0.25, -0.2) is 0 Å². The van der Waals surface area contributed by atoms with Gasteiger partial charge in [-0.2, -0.15) is 0 Å². The van der Waals surface area contributed by atoms with E-state index in [1.54, 1.807) is 0 Å². The summed E-state index contributed by atoms with van der Waals surface area (Å²) >= 11 is 0. The van der Waals surface area contributed by atoms with Crippen LogP contribution in [0.5, 0.6) is 0 Å². The minimum atomic E-state index is 0. The van der Waals surface area contributed by atoms with Crippen molar-refractivity contribution in [2.45, 2.75) is 52.5 Å². The Morgan fingerprint density at radius 1 is 1.03 bits per heavy atom. The summed E-state index contributed by atoms with van der Waals surface area (Å²) in [6.07, 6.45) is 4.81. The summed E-state index contributed by atoms with van der Waals surface area (Å²) in [4.78, 5) is 12.0. The molecular formula is C25H47IN6. The molecule has 0 aromatic heterocycles. The van der Waals surface area contributed by atoms with Crippen molar-refractivity contribution < 1.29 is 0 Å². The van der Waals surface area contributed by atoms with E-state index < -0.39 is 0 Å². The molecule has 1 saturated heterocycles. The zero-order valence-corrected chi connectivity index (χ0v) is 23.2. The van der Waals surface area contributed by atoms with Crippen molar-refractivity contribution in [1.29, 1.82) is 0 Å². The molecule has 1 aromatic rings. The first-order valence-electron chi connectivity index (χ1n) is 12.4. The number of para-hydroxylation sites is 1. The third-order valence-electron chi connectivity index (χ3n) is 6.30. The van der Waals surface area contributed by atoms with Crippen molar-refractivity contribution in [2.75, 3.05) is 70.9 Å². The minimum Gasteiger partial charge on any atom is -0.369 e. The number of hydrogen-bond acceptors (Lipinski definition) is 4. The Morgan fingerprint density at radius 3 is 2.34 bits per heavy atom. The molecule has 1 fully saturated rings. The summed E-state index contributed by atoms with van der Waals surface area (Å²) in [5.41, 5.74) is 1.35. The highest BCUT2D eigenvalue weighted by Gasteiger charge is 2.16. The molecule has 0 bridgehead atoms. The normalized spacial score (nSPS) is 16.0. The highest BCUT2D eigenvalue weighted by atomic mass is 127. The number of unbranched alkanes of at least 4 members (excludes halogenated alkanes) is 1. The fraction of sp³-hybridized carbons (Fsp3) is 0.720. The van der Waals surface area contributed by atoms with Crippen molar-refractivity contribution in [3.05, 3.63) is 30.3 Å². The van der Waals surface area contributed by atoms with E-state index in [4.69, 9.17) is 0 Å². The van der Waals surface area contributed by atoms with Crippen molar-refractivity contribution >= 4 is 35.6 Å². The van der Waals surface area contributed by atoms with Crippen LogP contribution >= 0.6 is 24.0 Å². The second kappa shape index (κ2) is 17.4. The summed E-state index contributed by atoms with van der Waals surface area (Å²) in [6.45, 7) is 17.0. The average Bonchev–Trinajstić information content (AvgIpc) is 2.82. The Morgan fingerprint density at radius 2 is 1.72 bits per heavy atom. The summed E-state index contributed by atoms with van der Waals surface area (Å²) in [6, 6.07) is 11.2. The highest BCUT2D eigenvalue weighted by molar-refractivity contribution is 14.0. The van der Waals surface area contributed by atoms with Gasteiger partial charge in [0.2, 0.25) is 0 Å². The molecule has 1 aliphatic heterocycles. The van der Waals surface area contributed by atoms with E-state index in [9.17, 15) is 0 Å². The van der Waals surface area contributed by atoms with Crippen molar-refractivity contribution in [2.24, 2.45) is 4.99 Å². The molecule has 6 nitrogen and oxygen atoms in total. The standard InChI is InChI=1S/C25H46N6.HI/c1-5-29(6-2)18-12-13-23(3)28-25(26-4)27-16-10-11-17-30-19-21-31(22-20-30)24-14-8-7-9-15-24;/h7-9,14-15,23H,5-6,10-13,16-22H2,1-4H3,(H2,26,27,28);1H. The van der Waals surface area contributed by atoms with Gasteiger partial charge in [0, 0.05) is 51.5 Å². The second-order valence-electron chi connectivity index (χ2n) is 8.58. The predicted octanol–water partition coefficient (Wildman–Crippen LogP) is 3.88. The number of guanidine groups is 1. The van der Waals surface area contributed by atoms with Gasteiger partial charge in [0.1, 0.15) is 0 Å². The van der Waals surface area contributed by atoms with Crippen LogP contribution in [-0.4, -0.2) is 87.8 Å². The van der Waals surface area contributed by atoms with Crippen LogP contribution in [0.1, 0.15) is 46.5 Å². The molecule has 0 spiro atoms. The molecule has 1 aliphatic rings. The highest BCUT2D eigenvalue weighted by Crippen LogP contribution is 2.15. The molecule has 1 atom stereocenters. The number of halogens is 1. The van der Waals surface area contributed by atoms with Crippen LogP contribution in [0.15, 0.2) is 35.3 Å². The summed E-state index contributed by atoms with van der Waals surface area (Å²) in [7, 11) is 1.87. The zero-order chi connectivity index (χ0) is 22.3. The van der Waals surface area contributed by atoms with Gasteiger partial charge < -0.3 is 20.4 Å². The Balaban J connectivity index is 0.00000512. The first kappa shape index (κ1) is 29.0. The summed E-state index contributed by atoms with van der Waals surface area (Å²) < 4.78 is 0. The molecule has 2 N–H and O–H groups in total. The molecule has 0 aliphatic carbocycles. The van der Waals surface area contributed by atoms with E-state index in [1.165, 1.54) is 44.5 Å². The Hall–Kier alpha value is -1.06. The van der Waals surface area contributed by atoms with Crippen LogP contribution in [0, 0.1) is 0 Å². The van der Waals surface area contributed by atoms with Crippen LogP contribution in [0.25, 0.3) is 0 Å². The number of anilines is 1. The van der Waals surface area contributed by atoms with Crippen molar-refractivity contribution in [3.63, 3.8) is 0 Å². The zero-order valence-electron chi connectivity index (χ0n) is 20.9. The molecular weight excluding hydrogens is 511 g/mol. The molecule has 2 rings (SSSR count). The van der Waals surface area contributed by atoms with E-state index in [0.717, 1.165) is 51.8 Å². The van der Waals surface area contributed by atoms with Gasteiger partial charge in [0.15, 0.2) is 5.96 Å². The second-order valence-corrected chi connectivity index (χ2v) is 8.58. The molecule has 1 unspecified atom stereocenters. The van der Waals surface area contributed by atoms with Gasteiger partial charge in [-0.3, -0.25) is 9.89 Å². The van der Waals surface area contributed by atoms with Crippen LogP contribution in [0.3, 0.4) is 0 Å². The molecule has 0 saturated carbocycles. The van der Waals surface area contributed by atoms with Gasteiger partial charge in [-0.1, -0.05) is 32.0 Å². The Labute approximate surface area is 214 Å². The quantitative estimate of drug-likeness (QED) is 0.167. The smallest absolute Gasteiger partial charge is 0.191 e. The molecule has 1 heterocycles. The van der Waals surface area contributed by atoms with Crippen LogP contribution in [0.4, 0.5) is 5.69 Å². The Bertz CT molecular complexity index is 600. The molecule has 32 heavy (non-hydrogen) atoms. The monoisotopic (exact) mass is 558 g/mol. The fourth-order valence-electron chi connectivity index (χ4n) is 4.20. The topological polar surface area (TPSA) is 46.1 Å². The number of hydrogen-bond donors (Lipinski definition) is 2. The lowest BCUT2D eigenvalue weighted by Crippen LogP contribution is -2.46. The maximum absolute atomic E-state index is 4.40. The fourth-order valence-corrected chi connectivity index (χ4v) is 4.20. The van der Waals surface area contributed by atoms with Gasteiger partial charge >= 0.3 is 0 Å². The molecule has 1 aromatic carbocycles. The third kappa shape index (κ3) is 11.2. The maximum atomic E-state index is 4.40. The SMILES string of the molecule is CCN(CC)CCCC(C)NC(=NC)NCCCCN1CCN(c2ccccc2)CC1.I. The maximum Gasteiger partial charge on any atom is 0.191 e. The largest absolute Gasteiger partial charge is 0.369 e. The van der Waals surface area contributed by atoms with Crippen molar-refractivity contribution in [3.8, 4) is 0 Å². The van der Waals surface area contributed by atoms with Crippen LogP contribution < -0.4 is 15.5 Å². The molecule has 184 valence electrons. The molecule has 0 amide bonds. The van der Waals surface area contributed by atoms with Crippen molar-refractivity contribution in [1.82, 2.24) is 20.4 Å². The Kier molecular flexibility index (Phi) is 15.8. The predicted molar refractivity (Wildman–Crippen MR) is 151 cm³/mol. The van der Waals surface area contributed by atoms with Crippen LogP contribution in [0.2, 0.25) is 0 Å². The molecule has 0 radical (unpaired) electrons. The lowest BCUT2D eigenvalue weighted by Gasteiger charge is -2.36. The lowest BCUT2D eigenvalue weighted by atomic mass is 10.2. The van der Waals surface area contributed by atoms with E-state index in [1.807, 2.05) is 7.05 Å². The number of rotatable bonds is 13. The van der Waals surface area contributed by atoms with Gasteiger partial charge in [-0.05, 0) is 70.9 Å². The van der Waals surface area contributed by atoms with Gasteiger partial charge in [0.25, 0.3) is 0 Å². The lowest BCUT2D eigenvalue weighted by molar-refractivity contribution is 0.253. The average molecular weight is 559 g/mol. The number of aliphatic imine (C=N–C) groups is 1.